The van der Waals surface area contributed by atoms with E-state index in [2.05, 4.69) is 72.5 Å². The van der Waals surface area contributed by atoms with E-state index in [1.54, 1.807) is 0 Å². The predicted octanol–water partition coefficient (Wildman–Crippen LogP) is 5.70. The normalized spacial score (nSPS) is 9.80. The van der Waals surface area contributed by atoms with Gasteiger partial charge in [0, 0.05) is 29.4 Å². The third kappa shape index (κ3) is 4.81. The fourth-order valence-electron chi connectivity index (χ4n) is 1.22. The number of nitrogens with zero attached hydrogens (tertiary/aromatic N) is 2. The van der Waals surface area contributed by atoms with Crippen molar-refractivity contribution in [3.63, 3.8) is 0 Å². The summed E-state index contributed by atoms with van der Waals surface area (Å²) < 4.78 is 10.4. The molecule has 0 N–H and O–H groups in total. The van der Waals surface area contributed by atoms with Gasteiger partial charge in [0.25, 0.3) is 0 Å². The molecule has 4 nitrogen and oxygen atoms in total. The highest BCUT2D eigenvalue weighted by atomic mass is 79.9. The average molecular weight is 568 g/mol. The first-order chi connectivity index (χ1) is 9.54. The minimum Gasteiger partial charge on any atom is -0.210 e. The molecule has 106 valence electrons. The van der Waals surface area contributed by atoms with E-state index in [4.69, 9.17) is 0 Å². The van der Waals surface area contributed by atoms with E-state index in [1.807, 2.05) is 0 Å². The molecule has 20 heavy (non-hydrogen) atoms. The number of isocyanates is 2. The average Bonchev–Trinajstić information content (AvgIpc) is 2.44. The van der Waals surface area contributed by atoms with E-state index >= 15 is 0 Å². The second-order valence-electron chi connectivity index (χ2n) is 3.13. The van der Waals surface area contributed by atoms with Gasteiger partial charge in [0.2, 0.25) is 12.2 Å². The molecule has 0 radical (unpaired) electrons. The van der Waals surface area contributed by atoms with Gasteiger partial charge < -0.3 is 0 Å². The molecule has 0 atom stereocenters. The van der Waals surface area contributed by atoms with Crippen LogP contribution >= 0.6 is 87.6 Å². The summed E-state index contributed by atoms with van der Waals surface area (Å²) in [5, 5.41) is 0. The van der Waals surface area contributed by atoms with Gasteiger partial charge in [-0.2, -0.15) is 0 Å². The summed E-state index contributed by atoms with van der Waals surface area (Å²) in [7, 11) is 0. The van der Waals surface area contributed by atoms with Crippen molar-refractivity contribution < 1.29 is 9.59 Å². The van der Waals surface area contributed by atoms with Gasteiger partial charge in [-0.25, -0.2) is 9.59 Å². The Bertz CT molecular complexity index is 532. The molecule has 0 heterocycles. The topological polar surface area (TPSA) is 58.9 Å². The summed E-state index contributed by atoms with van der Waals surface area (Å²) in [6.45, 7) is 0. The van der Waals surface area contributed by atoms with E-state index in [-0.39, 0.29) is 0 Å². The predicted molar refractivity (Wildman–Crippen MR) is 96.1 cm³/mol. The molecular weight excluding hydrogens is 564 g/mol. The van der Waals surface area contributed by atoms with Crippen LogP contribution in [0.25, 0.3) is 0 Å². The van der Waals surface area contributed by atoms with Crippen LogP contribution in [0.2, 0.25) is 0 Å². The Morgan fingerprint density at radius 3 is 1.30 bits per heavy atom. The molecule has 1 aromatic rings. The molecular formula is C10H4Br4N2O2S2. The van der Waals surface area contributed by atoms with Crippen LogP contribution in [-0.2, 0) is 21.1 Å². The van der Waals surface area contributed by atoms with E-state index in [1.165, 1.54) is 12.2 Å². The lowest BCUT2D eigenvalue weighted by molar-refractivity contribution is 0.565. The first-order valence-electron chi connectivity index (χ1n) is 4.76. The molecule has 0 fully saturated rings. The van der Waals surface area contributed by atoms with Crippen LogP contribution in [0.1, 0.15) is 11.1 Å². The second-order valence-corrected chi connectivity index (χ2v) is 7.76. The minimum atomic E-state index is 0.507. The van der Waals surface area contributed by atoms with Crippen LogP contribution in [0.3, 0.4) is 0 Å². The molecule has 0 aliphatic rings. The van der Waals surface area contributed by atoms with Gasteiger partial charge in [-0.1, -0.05) is 0 Å². The largest absolute Gasteiger partial charge is 0.247 e. The summed E-state index contributed by atoms with van der Waals surface area (Å²) in [4.78, 5) is 20.2. The molecule has 0 saturated heterocycles. The Morgan fingerprint density at radius 2 is 1.05 bits per heavy atom. The van der Waals surface area contributed by atoms with Crippen molar-refractivity contribution in [2.24, 2.45) is 8.80 Å². The highest BCUT2D eigenvalue weighted by molar-refractivity contribution is 9.14. The molecule has 0 amide bonds. The molecule has 1 aromatic carbocycles. The Kier molecular flexibility index (Phi) is 8.94. The standard InChI is InChI=1S/C10H4Br4N2O2S2/c11-7-5(1-19-15-3-17)8(12)10(14)6(9(7)13)2-20-16-4-18/h1-2H2. The molecule has 0 aliphatic heterocycles. The van der Waals surface area contributed by atoms with Crippen molar-refractivity contribution >= 4 is 99.8 Å². The number of benzene rings is 1. The third-order valence-corrected chi connectivity index (χ3v) is 7.87. The van der Waals surface area contributed by atoms with Crippen LogP contribution in [0, 0.1) is 0 Å². The highest BCUT2D eigenvalue weighted by Crippen LogP contribution is 2.44. The van der Waals surface area contributed by atoms with Crippen LogP contribution in [0.5, 0.6) is 0 Å². The third-order valence-electron chi connectivity index (χ3n) is 2.07. The summed E-state index contributed by atoms with van der Waals surface area (Å²) in [6.07, 6.45) is 2.97. The highest BCUT2D eigenvalue weighted by Gasteiger charge is 2.19. The Morgan fingerprint density at radius 1 is 0.750 bits per heavy atom. The van der Waals surface area contributed by atoms with Crippen LogP contribution in [0.15, 0.2) is 26.7 Å². The maximum absolute atomic E-state index is 10.1. The lowest BCUT2D eigenvalue weighted by Gasteiger charge is -2.14. The number of hydrogen-bond acceptors (Lipinski definition) is 6. The monoisotopic (exact) mass is 564 g/mol. The lowest BCUT2D eigenvalue weighted by atomic mass is 10.2. The van der Waals surface area contributed by atoms with E-state index in [0.717, 1.165) is 52.9 Å². The Labute approximate surface area is 157 Å². The first kappa shape index (κ1) is 18.6. The van der Waals surface area contributed by atoms with Gasteiger partial charge in [0.15, 0.2) is 0 Å². The Hall–Kier alpha value is 0.600. The molecule has 0 unspecified atom stereocenters. The van der Waals surface area contributed by atoms with Crippen molar-refractivity contribution in [2.75, 3.05) is 0 Å². The molecule has 0 aromatic heterocycles. The summed E-state index contributed by atoms with van der Waals surface area (Å²) in [5.74, 6) is 1.01. The smallest absolute Gasteiger partial charge is 0.210 e. The van der Waals surface area contributed by atoms with E-state index in [9.17, 15) is 9.59 Å². The molecule has 0 saturated carbocycles. The van der Waals surface area contributed by atoms with Gasteiger partial charge in [0.1, 0.15) is 0 Å². The van der Waals surface area contributed by atoms with E-state index < -0.39 is 0 Å². The number of rotatable bonds is 6. The molecule has 1 rings (SSSR count). The summed E-state index contributed by atoms with van der Waals surface area (Å²) >= 11 is 16.2. The first-order valence-corrected chi connectivity index (χ1v) is 9.82. The summed E-state index contributed by atoms with van der Waals surface area (Å²) in [5.41, 5.74) is 1.89. The SMILES string of the molecule is O=C=NSCc1c(Br)c(Br)c(CSN=C=O)c(Br)c1Br. The number of hydrogen-bond donors (Lipinski definition) is 0. The quantitative estimate of drug-likeness (QED) is 0.191. The lowest BCUT2D eigenvalue weighted by Crippen LogP contribution is -1.95. The zero-order valence-electron chi connectivity index (χ0n) is 9.45. The van der Waals surface area contributed by atoms with Crippen molar-refractivity contribution in [2.45, 2.75) is 11.5 Å². The van der Waals surface area contributed by atoms with Gasteiger partial charge in [-0.05, 0) is 98.7 Å². The fraction of sp³-hybridized carbons (Fsp3) is 0.200. The fourth-order valence-corrected chi connectivity index (χ4v) is 5.88. The zero-order valence-corrected chi connectivity index (χ0v) is 17.4. The van der Waals surface area contributed by atoms with Gasteiger partial charge in [0.05, 0.1) is 0 Å². The van der Waals surface area contributed by atoms with Crippen molar-refractivity contribution in [3.8, 4) is 0 Å². The summed E-state index contributed by atoms with van der Waals surface area (Å²) in [6, 6.07) is 0. The Balaban J connectivity index is 3.18. The number of carbonyl (C=O) groups excluding carboxylic acids is 2. The van der Waals surface area contributed by atoms with Gasteiger partial charge >= 0.3 is 0 Å². The van der Waals surface area contributed by atoms with Gasteiger partial charge in [-0.3, -0.25) is 0 Å². The van der Waals surface area contributed by atoms with Crippen molar-refractivity contribution in [1.82, 2.24) is 0 Å². The van der Waals surface area contributed by atoms with Gasteiger partial charge in [-0.15, -0.1) is 8.80 Å². The second kappa shape index (κ2) is 9.58. The molecule has 0 spiro atoms. The molecule has 10 heteroatoms. The molecule has 0 bridgehead atoms. The maximum Gasteiger partial charge on any atom is 0.247 e. The van der Waals surface area contributed by atoms with Crippen molar-refractivity contribution in [3.05, 3.63) is 29.0 Å². The van der Waals surface area contributed by atoms with Crippen molar-refractivity contribution in [1.29, 1.82) is 0 Å². The number of halogens is 4. The van der Waals surface area contributed by atoms with Crippen LogP contribution < -0.4 is 0 Å². The zero-order chi connectivity index (χ0) is 15.1. The minimum absolute atomic E-state index is 0.507. The van der Waals surface area contributed by atoms with Crippen LogP contribution in [0.4, 0.5) is 0 Å². The maximum atomic E-state index is 10.1. The van der Waals surface area contributed by atoms with E-state index in [0.29, 0.717) is 11.5 Å². The van der Waals surface area contributed by atoms with Crippen LogP contribution in [-0.4, -0.2) is 12.2 Å². The molecule has 0 aliphatic carbocycles.